The van der Waals surface area contributed by atoms with Crippen LogP contribution in [0.15, 0.2) is 24.3 Å². The van der Waals surface area contributed by atoms with Crippen molar-refractivity contribution < 1.29 is 14.3 Å². The van der Waals surface area contributed by atoms with Gasteiger partial charge >= 0.3 is 0 Å². The second-order valence-corrected chi connectivity index (χ2v) is 8.48. The van der Waals surface area contributed by atoms with Gasteiger partial charge in [0.2, 0.25) is 0 Å². The zero-order valence-electron chi connectivity index (χ0n) is 17.4. The molecule has 154 valence electrons. The molecule has 0 radical (unpaired) electrons. The van der Waals surface area contributed by atoms with Crippen LogP contribution in [0.2, 0.25) is 0 Å². The van der Waals surface area contributed by atoms with Gasteiger partial charge < -0.3 is 15.0 Å². The highest BCUT2D eigenvalue weighted by molar-refractivity contribution is 5.94. The number of methoxy groups -OCH3 is 1. The average molecular weight is 387 g/mol. The molecule has 5 heteroatoms. The van der Waals surface area contributed by atoms with Crippen molar-refractivity contribution in [3.05, 3.63) is 35.4 Å². The first kappa shape index (κ1) is 20.8. The minimum absolute atomic E-state index is 0.0377. The van der Waals surface area contributed by atoms with E-state index in [0.29, 0.717) is 30.5 Å². The Kier molecular flexibility index (Phi) is 7.11. The number of ether oxygens (including phenoxy) is 1. The molecule has 0 bridgehead atoms. The van der Waals surface area contributed by atoms with E-state index in [1.165, 1.54) is 12.0 Å². The highest BCUT2D eigenvalue weighted by atomic mass is 16.5. The molecule has 1 N–H and O–H groups in total. The molecule has 1 heterocycles. The van der Waals surface area contributed by atoms with Crippen LogP contribution in [-0.2, 0) is 16.0 Å². The predicted molar refractivity (Wildman–Crippen MR) is 110 cm³/mol. The number of hydrogen-bond donors (Lipinski definition) is 1. The van der Waals surface area contributed by atoms with E-state index >= 15 is 0 Å². The molecule has 2 fully saturated rings. The summed E-state index contributed by atoms with van der Waals surface area (Å²) in [6, 6.07) is 7.86. The first-order chi connectivity index (χ1) is 13.5. The summed E-state index contributed by atoms with van der Waals surface area (Å²) in [5, 5.41) is 3.06. The van der Waals surface area contributed by atoms with Gasteiger partial charge in [-0.25, -0.2) is 0 Å². The Morgan fingerprint density at radius 2 is 1.93 bits per heavy atom. The number of carbonyl (C=O) groups excluding carboxylic acids is 2. The molecule has 1 aromatic carbocycles. The third kappa shape index (κ3) is 4.75. The van der Waals surface area contributed by atoms with Crippen molar-refractivity contribution in [3.8, 4) is 0 Å². The Labute approximate surface area is 168 Å². The van der Waals surface area contributed by atoms with Crippen molar-refractivity contribution >= 4 is 11.8 Å². The van der Waals surface area contributed by atoms with Crippen molar-refractivity contribution in [1.82, 2.24) is 10.2 Å². The Balaban J connectivity index is 1.50. The van der Waals surface area contributed by atoms with Gasteiger partial charge in [-0.05, 0) is 54.7 Å². The molecule has 1 unspecified atom stereocenters. The van der Waals surface area contributed by atoms with E-state index in [-0.39, 0.29) is 23.8 Å². The van der Waals surface area contributed by atoms with E-state index in [9.17, 15) is 9.59 Å². The lowest BCUT2D eigenvalue weighted by atomic mass is 9.80. The van der Waals surface area contributed by atoms with E-state index in [1.54, 1.807) is 7.11 Å². The first-order valence-corrected chi connectivity index (χ1v) is 10.7. The molecule has 1 aromatic rings. The predicted octanol–water partition coefficient (Wildman–Crippen LogP) is 3.28. The van der Waals surface area contributed by atoms with Crippen LogP contribution >= 0.6 is 0 Å². The van der Waals surface area contributed by atoms with E-state index in [0.717, 1.165) is 32.2 Å². The fourth-order valence-electron chi connectivity index (χ4n) is 4.33. The molecule has 0 aromatic heterocycles. The maximum absolute atomic E-state index is 12.9. The molecule has 1 saturated carbocycles. The van der Waals surface area contributed by atoms with Gasteiger partial charge in [0, 0.05) is 32.3 Å². The number of aryl methyl sites for hydroxylation is 1. The second kappa shape index (κ2) is 9.55. The van der Waals surface area contributed by atoms with Crippen LogP contribution in [0.3, 0.4) is 0 Å². The number of nitrogens with zero attached hydrogens (tertiary/aromatic N) is 1. The molecular weight excluding hydrogens is 352 g/mol. The summed E-state index contributed by atoms with van der Waals surface area (Å²) in [4.78, 5) is 27.3. The SMILES string of the molecule is CCCc1ccc(C(=O)NC[C@@H]2CN(C(=O)C(OC)C3CCC3)C[C@H]2C)cc1. The van der Waals surface area contributed by atoms with Crippen LogP contribution in [0.25, 0.3) is 0 Å². The van der Waals surface area contributed by atoms with Crippen molar-refractivity contribution in [3.63, 3.8) is 0 Å². The minimum atomic E-state index is -0.295. The van der Waals surface area contributed by atoms with E-state index in [2.05, 4.69) is 19.2 Å². The lowest BCUT2D eigenvalue weighted by Gasteiger charge is -2.34. The number of likely N-dealkylation sites (tertiary alicyclic amines) is 1. The van der Waals surface area contributed by atoms with Crippen LogP contribution in [0.5, 0.6) is 0 Å². The molecule has 2 aliphatic rings. The standard InChI is InChI=1S/C23H34N2O3/c1-4-6-17-9-11-19(12-10-17)22(26)24-13-20-15-25(14-16(20)2)23(27)21(28-3)18-7-5-8-18/h9-12,16,18,20-21H,4-8,13-15H2,1-3H3,(H,24,26)/t16-,20-,21?/m1/s1. The summed E-state index contributed by atoms with van der Waals surface area (Å²) in [6.45, 7) is 6.36. The fourth-order valence-corrected chi connectivity index (χ4v) is 4.33. The Morgan fingerprint density at radius 1 is 1.21 bits per heavy atom. The van der Waals surface area contributed by atoms with Gasteiger partial charge in [0.05, 0.1) is 0 Å². The van der Waals surface area contributed by atoms with Gasteiger partial charge in [0.15, 0.2) is 0 Å². The lowest BCUT2D eigenvalue weighted by molar-refractivity contribution is -0.146. The molecule has 1 aliphatic carbocycles. The largest absolute Gasteiger partial charge is 0.371 e. The molecule has 1 saturated heterocycles. The summed E-state index contributed by atoms with van der Waals surface area (Å²) >= 11 is 0. The number of rotatable bonds is 8. The zero-order valence-corrected chi connectivity index (χ0v) is 17.4. The van der Waals surface area contributed by atoms with Crippen molar-refractivity contribution in [2.24, 2.45) is 17.8 Å². The lowest BCUT2D eigenvalue weighted by Crippen LogP contribution is -2.45. The third-order valence-corrected chi connectivity index (χ3v) is 6.43. The second-order valence-electron chi connectivity index (χ2n) is 8.48. The van der Waals surface area contributed by atoms with Crippen LogP contribution in [0, 0.1) is 17.8 Å². The third-order valence-electron chi connectivity index (χ3n) is 6.43. The summed E-state index contributed by atoms with van der Waals surface area (Å²) in [5.74, 6) is 1.12. The van der Waals surface area contributed by atoms with E-state index in [1.807, 2.05) is 29.2 Å². The monoisotopic (exact) mass is 386 g/mol. The number of amides is 2. The number of hydrogen-bond acceptors (Lipinski definition) is 3. The smallest absolute Gasteiger partial charge is 0.251 e. The maximum atomic E-state index is 12.9. The summed E-state index contributed by atoms with van der Waals surface area (Å²) in [7, 11) is 1.64. The molecular formula is C23H34N2O3. The van der Waals surface area contributed by atoms with Gasteiger partial charge in [0.25, 0.3) is 11.8 Å². The molecule has 5 nitrogen and oxygen atoms in total. The van der Waals surface area contributed by atoms with Gasteiger partial charge in [-0.3, -0.25) is 9.59 Å². The topological polar surface area (TPSA) is 58.6 Å². The summed E-state index contributed by atoms with van der Waals surface area (Å²) < 4.78 is 5.52. The molecule has 28 heavy (non-hydrogen) atoms. The van der Waals surface area contributed by atoms with Crippen LogP contribution < -0.4 is 5.32 Å². The van der Waals surface area contributed by atoms with Crippen molar-refractivity contribution in [2.75, 3.05) is 26.7 Å². The quantitative estimate of drug-likeness (QED) is 0.746. The molecule has 2 amide bonds. The summed E-state index contributed by atoms with van der Waals surface area (Å²) in [5.41, 5.74) is 1.96. The molecule has 3 rings (SSSR count). The van der Waals surface area contributed by atoms with Crippen molar-refractivity contribution in [1.29, 1.82) is 0 Å². The van der Waals surface area contributed by atoms with Gasteiger partial charge in [-0.2, -0.15) is 0 Å². The van der Waals surface area contributed by atoms with E-state index < -0.39 is 0 Å². The zero-order chi connectivity index (χ0) is 20.1. The fraction of sp³-hybridized carbons (Fsp3) is 0.652. The van der Waals surface area contributed by atoms with Crippen LogP contribution in [0.4, 0.5) is 0 Å². The van der Waals surface area contributed by atoms with Gasteiger partial charge in [0.1, 0.15) is 6.10 Å². The highest BCUT2D eigenvalue weighted by Crippen LogP contribution is 2.33. The summed E-state index contributed by atoms with van der Waals surface area (Å²) in [6.07, 6.45) is 5.21. The highest BCUT2D eigenvalue weighted by Gasteiger charge is 2.39. The minimum Gasteiger partial charge on any atom is -0.371 e. The molecule has 0 spiro atoms. The normalized spacial score (nSPS) is 23.3. The molecule has 3 atom stereocenters. The Morgan fingerprint density at radius 3 is 2.50 bits per heavy atom. The van der Waals surface area contributed by atoms with Crippen LogP contribution in [0.1, 0.15) is 55.5 Å². The molecule has 1 aliphatic heterocycles. The number of benzene rings is 1. The first-order valence-electron chi connectivity index (χ1n) is 10.7. The maximum Gasteiger partial charge on any atom is 0.251 e. The van der Waals surface area contributed by atoms with Gasteiger partial charge in [-0.1, -0.05) is 38.8 Å². The van der Waals surface area contributed by atoms with Crippen LogP contribution in [-0.4, -0.2) is 49.6 Å². The number of carbonyl (C=O) groups is 2. The number of nitrogens with one attached hydrogen (secondary N) is 1. The van der Waals surface area contributed by atoms with E-state index in [4.69, 9.17) is 4.74 Å². The average Bonchev–Trinajstić information content (AvgIpc) is 3.03. The Bertz CT molecular complexity index is 669. The Hall–Kier alpha value is -1.88. The van der Waals surface area contributed by atoms with Crippen molar-refractivity contribution in [2.45, 2.75) is 52.1 Å². The van der Waals surface area contributed by atoms with Gasteiger partial charge in [-0.15, -0.1) is 0 Å².